The lowest BCUT2D eigenvalue weighted by atomic mass is 9.97. The van der Waals surface area contributed by atoms with Gasteiger partial charge in [-0.15, -0.1) is 0 Å². The number of benzene rings is 1. The second kappa shape index (κ2) is 16.9. The van der Waals surface area contributed by atoms with Gasteiger partial charge in [0.1, 0.15) is 24.8 Å². The molecule has 0 heterocycles. The van der Waals surface area contributed by atoms with Crippen molar-refractivity contribution in [2.24, 2.45) is 11.0 Å². The fourth-order valence-corrected chi connectivity index (χ4v) is 3.41. The Bertz CT molecular complexity index is 992. The number of nitrogens with one attached hydrogen (secondary N) is 3. The Morgan fingerprint density at radius 3 is 2.38 bits per heavy atom. The molecular formula is C26H41N7O6. The molecule has 13 heteroatoms. The zero-order valence-electron chi connectivity index (χ0n) is 23.6. The van der Waals surface area contributed by atoms with Crippen molar-refractivity contribution in [1.82, 2.24) is 21.1 Å². The molecule has 0 bridgehead atoms. The van der Waals surface area contributed by atoms with Gasteiger partial charge in [0.15, 0.2) is 0 Å². The number of hydrazine groups is 1. The number of hydrogen-bond acceptors (Lipinski definition) is 8. The van der Waals surface area contributed by atoms with Gasteiger partial charge < -0.3 is 20.1 Å². The number of hydrogen-bond donors (Lipinski definition) is 3. The first-order valence-corrected chi connectivity index (χ1v) is 12.9. The molecule has 0 spiro atoms. The first-order chi connectivity index (χ1) is 18.3. The maximum absolute atomic E-state index is 13.1. The quantitative estimate of drug-likeness (QED) is 0.0993. The monoisotopic (exact) mass is 547 g/mol. The van der Waals surface area contributed by atoms with Crippen LogP contribution in [0, 0.1) is 5.92 Å². The molecule has 3 N–H and O–H groups in total. The number of esters is 1. The highest BCUT2D eigenvalue weighted by Gasteiger charge is 2.30. The van der Waals surface area contributed by atoms with Crippen LogP contribution in [0.25, 0.3) is 10.4 Å². The number of likely N-dealkylation sites (N-methyl/N-ethyl adjacent to an activating group) is 1. The van der Waals surface area contributed by atoms with Gasteiger partial charge in [0, 0.05) is 31.0 Å². The molecule has 3 amide bonds. The Balaban J connectivity index is 2.74. The van der Waals surface area contributed by atoms with Crippen LogP contribution in [0.1, 0.15) is 59.4 Å². The summed E-state index contributed by atoms with van der Waals surface area (Å²) in [6.07, 6.45) is -0.100. The summed E-state index contributed by atoms with van der Waals surface area (Å²) >= 11 is 0. The number of carbonyl (C=O) groups is 4. The molecule has 0 saturated heterocycles. The van der Waals surface area contributed by atoms with Gasteiger partial charge in [-0.1, -0.05) is 55.7 Å². The topological polar surface area (TPSA) is 175 Å². The molecule has 0 aromatic heterocycles. The molecule has 3 atom stereocenters. The summed E-state index contributed by atoms with van der Waals surface area (Å²) < 4.78 is 10.5. The van der Waals surface area contributed by atoms with E-state index < -0.39 is 41.6 Å². The van der Waals surface area contributed by atoms with Crippen molar-refractivity contribution in [1.29, 1.82) is 0 Å². The lowest BCUT2D eigenvalue weighted by Crippen LogP contribution is -2.54. The van der Waals surface area contributed by atoms with E-state index in [4.69, 9.17) is 15.0 Å². The highest BCUT2D eigenvalue weighted by atomic mass is 16.6. The average molecular weight is 548 g/mol. The highest BCUT2D eigenvalue weighted by Crippen LogP contribution is 2.12. The lowest BCUT2D eigenvalue weighted by molar-refractivity contribution is -0.147. The summed E-state index contributed by atoms with van der Waals surface area (Å²) in [4.78, 5) is 53.0. The Labute approximate surface area is 229 Å². The number of ether oxygens (including phenoxy) is 2. The maximum atomic E-state index is 13.1. The smallest absolute Gasteiger partial charge is 0.408 e. The van der Waals surface area contributed by atoms with E-state index in [1.807, 2.05) is 44.2 Å². The fourth-order valence-electron chi connectivity index (χ4n) is 3.41. The minimum absolute atomic E-state index is 0.0455. The standard InChI is InChI=1S/C26H41N7O6/c1-7-18(2)23(30-25(37)39-26(3,4)5)24(36)29-20(13-14-28-32-27)15-21(34)31-33(6)16-22(35)38-17-19-11-9-8-10-12-19/h8-12,18,20,23H,7,13-17H2,1-6H3,(H,29,36)(H,30,37)(H,31,34)/t18-,20-,23-/m0/s1. The van der Waals surface area contributed by atoms with Gasteiger partial charge in [0.05, 0.1) is 0 Å². The van der Waals surface area contributed by atoms with Crippen LogP contribution in [0.2, 0.25) is 0 Å². The molecule has 1 aromatic carbocycles. The molecule has 0 radical (unpaired) electrons. The Morgan fingerprint density at radius 2 is 1.79 bits per heavy atom. The van der Waals surface area contributed by atoms with Crippen molar-refractivity contribution in [2.75, 3.05) is 20.1 Å². The van der Waals surface area contributed by atoms with Gasteiger partial charge in [0.25, 0.3) is 0 Å². The minimum atomic E-state index is -0.906. The van der Waals surface area contributed by atoms with E-state index in [0.717, 1.165) is 5.56 Å². The van der Waals surface area contributed by atoms with Gasteiger partial charge in [-0.25, -0.2) is 9.80 Å². The van der Waals surface area contributed by atoms with E-state index in [-0.39, 0.29) is 38.5 Å². The third-order valence-electron chi connectivity index (χ3n) is 5.51. The Morgan fingerprint density at radius 1 is 1.13 bits per heavy atom. The summed E-state index contributed by atoms with van der Waals surface area (Å²) in [7, 11) is 1.51. The molecule has 0 saturated carbocycles. The van der Waals surface area contributed by atoms with Gasteiger partial charge in [-0.2, -0.15) is 0 Å². The van der Waals surface area contributed by atoms with Gasteiger partial charge >= 0.3 is 12.1 Å². The van der Waals surface area contributed by atoms with Crippen molar-refractivity contribution in [3.63, 3.8) is 0 Å². The molecule has 0 aliphatic rings. The van der Waals surface area contributed by atoms with Crippen LogP contribution in [0.3, 0.4) is 0 Å². The SMILES string of the molecule is CC[C@H](C)[C@H](NC(=O)OC(C)(C)C)C(=O)N[C@@H](CCN=[N+]=[N-])CC(=O)NN(C)CC(=O)OCc1ccccc1. The van der Waals surface area contributed by atoms with E-state index in [9.17, 15) is 19.2 Å². The van der Waals surface area contributed by atoms with E-state index in [0.29, 0.717) is 6.42 Å². The number of nitrogens with zero attached hydrogens (tertiary/aromatic N) is 4. The molecule has 216 valence electrons. The van der Waals surface area contributed by atoms with Crippen molar-refractivity contribution in [3.8, 4) is 0 Å². The number of alkyl carbamates (subject to hydrolysis) is 1. The Hall–Kier alpha value is -3.83. The second-order valence-electron chi connectivity index (χ2n) is 10.2. The Kier molecular flexibility index (Phi) is 14.4. The van der Waals surface area contributed by atoms with Crippen LogP contribution in [0.4, 0.5) is 4.79 Å². The van der Waals surface area contributed by atoms with Gasteiger partial charge in [-0.05, 0) is 44.2 Å². The molecule has 1 aromatic rings. The van der Waals surface area contributed by atoms with Crippen LogP contribution >= 0.6 is 0 Å². The largest absolute Gasteiger partial charge is 0.460 e. The third kappa shape index (κ3) is 14.6. The molecule has 0 unspecified atom stereocenters. The highest BCUT2D eigenvalue weighted by molar-refractivity contribution is 5.87. The van der Waals surface area contributed by atoms with Crippen molar-refractivity contribution in [2.45, 2.75) is 78.2 Å². The zero-order chi connectivity index (χ0) is 29.4. The van der Waals surface area contributed by atoms with Crippen LogP contribution in [-0.4, -0.2) is 66.7 Å². The fraction of sp³-hybridized carbons (Fsp3) is 0.615. The predicted molar refractivity (Wildman–Crippen MR) is 145 cm³/mol. The molecular weight excluding hydrogens is 506 g/mol. The van der Waals surface area contributed by atoms with Crippen LogP contribution in [0.15, 0.2) is 35.4 Å². The third-order valence-corrected chi connectivity index (χ3v) is 5.51. The lowest BCUT2D eigenvalue weighted by Gasteiger charge is -2.28. The summed E-state index contributed by atoms with van der Waals surface area (Å²) in [6.45, 7) is 8.82. The number of rotatable bonds is 15. The molecule has 13 nitrogen and oxygen atoms in total. The number of azide groups is 1. The van der Waals surface area contributed by atoms with Gasteiger partial charge in [-0.3, -0.25) is 19.8 Å². The van der Waals surface area contributed by atoms with Crippen molar-refractivity contribution >= 4 is 23.9 Å². The maximum Gasteiger partial charge on any atom is 0.408 e. The van der Waals surface area contributed by atoms with E-state index in [2.05, 4.69) is 26.1 Å². The minimum Gasteiger partial charge on any atom is -0.460 e. The molecule has 1 rings (SSSR count). The first kappa shape index (κ1) is 33.2. The van der Waals surface area contributed by atoms with E-state index >= 15 is 0 Å². The van der Waals surface area contributed by atoms with Crippen molar-refractivity contribution < 1.29 is 28.7 Å². The van der Waals surface area contributed by atoms with E-state index in [1.165, 1.54) is 12.1 Å². The summed E-state index contributed by atoms with van der Waals surface area (Å²) in [5.41, 5.74) is 11.3. The molecule has 0 aliphatic heterocycles. The van der Waals surface area contributed by atoms with E-state index in [1.54, 1.807) is 20.8 Å². The molecule has 39 heavy (non-hydrogen) atoms. The van der Waals surface area contributed by atoms with Crippen molar-refractivity contribution in [3.05, 3.63) is 46.3 Å². The predicted octanol–water partition coefficient (Wildman–Crippen LogP) is 3.21. The van der Waals surface area contributed by atoms with Gasteiger partial charge in [0.2, 0.25) is 11.8 Å². The normalized spacial score (nSPS) is 13.3. The van der Waals surface area contributed by atoms with Crippen LogP contribution in [-0.2, 0) is 30.5 Å². The number of amides is 3. The second-order valence-corrected chi connectivity index (χ2v) is 10.2. The average Bonchev–Trinajstić information content (AvgIpc) is 2.85. The first-order valence-electron chi connectivity index (χ1n) is 12.9. The molecule has 0 aliphatic carbocycles. The molecule has 0 fully saturated rings. The zero-order valence-corrected chi connectivity index (χ0v) is 23.6. The summed E-state index contributed by atoms with van der Waals surface area (Å²) in [6, 6.07) is 7.59. The number of carbonyl (C=O) groups excluding carboxylic acids is 4. The van der Waals surface area contributed by atoms with Crippen LogP contribution < -0.4 is 16.1 Å². The summed E-state index contributed by atoms with van der Waals surface area (Å²) in [5.74, 6) is -1.72. The van der Waals surface area contributed by atoms with Crippen LogP contribution in [0.5, 0.6) is 0 Å². The summed E-state index contributed by atoms with van der Waals surface area (Å²) in [5, 5.41) is 10.2.